The predicted molar refractivity (Wildman–Crippen MR) is 66.7 cm³/mol. The molecule has 2 atom stereocenters. The van der Waals surface area contributed by atoms with Gasteiger partial charge in [0.1, 0.15) is 5.76 Å². The van der Waals surface area contributed by atoms with Crippen LogP contribution >= 0.6 is 0 Å². The third-order valence-corrected chi connectivity index (χ3v) is 4.71. The van der Waals surface area contributed by atoms with E-state index in [2.05, 4.69) is 0 Å². The Morgan fingerprint density at radius 2 is 2.24 bits per heavy atom. The fourth-order valence-corrected chi connectivity index (χ4v) is 3.47. The Kier molecular flexibility index (Phi) is 3.27. The van der Waals surface area contributed by atoms with Gasteiger partial charge >= 0.3 is 12.1 Å². The smallest absolute Gasteiger partial charge is 0.406 e. The Balaban J connectivity index is 1.87. The number of nitrogens with zero attached hydrogens (tertiary/aromatic N) is 1. The van der Waals surface area contributed by atoms with E-state index >= 15 is 0 Å². The fraction of sp³-hybridized carbons (Fsp3) is 0.643. The molecule has 2 heterocycles. The molecule has 0 spiro atoms. The van der Waals surface area contributed by atoms with E-state index in [-0.39, 0.29) is 12.6 Å². The number of likely N-dealkylation sites (tertiary alicyclic amines) is 1. The summed E-state index contributed by atoms with van der Waals surface area (Å²) < 4.78 is 45.0. The second-order valence-electron chi connectivity index (χ2n) is 5.81. The van der Waals surface area contributed by atoms with Crippen LogP contribution in [0.15, 0.2) is 16.7 Å². The number of furan rings is 1. The topological polar surface area (TPSA) is 53.7 Å². The molecule has 1 aromatic heterocycles. The third-order valence-electron chi connectivity index (χ3n) is 4.71. The summed E-state index contributed by atoms with van der Waals surface area (Å²) in [5.74, 6) is -0.966. The Hall–Kier alpha value is -1.50. The molecule has 21 heavy (non-hydrogen) atoms. The molecule has 1 aliphatic carbocycles. The zero-order chi connectivity index (χ0) is 15.3. The number of rotatable bonds is 2. The summed E-state index contributed by atoms with van der Waals surface area (Å²) >= 11 is 0. The minimum Gasteiger partial charge on any atom is -0.481 e. The predicted octanol–water partition coefficient (Wildman–Crippen LogP) is 3.00. The zero-order valence-corrected chi connectivity index (χ0v) is 11.3. The summed E-state index contributed by atoms with van der Waals surface area (Å²) in [6, 6.07) is 1.61. The van der Waals surface area contributed by atoms with Gasteiger partial charge in [0.2, 0.25) is 0 Å². The van der Waals surface area contributed by atoms with E-state index in [0.29, 0.717) is 0 Å². The second kappa shape index (κ2) is 4.76. The lowest BCUT2D eigenvalue weighted by Gasteiger charge is -2.33. The summed E-state index contributed by atoms with van der Waals surface area (Å²) in [6.07, 6.45) is -1.21. The average molecular weight is 303 g/mol. The lowest BCUT2D eigenvalue weighted by atomic mass is 9.86. The molecule has 3 rings (SSSR count). The molecule has 2 aliphatic rings. The van der Waals surface area contributed by atoms with Crippen molar-refractivity contribution in [1.82, 2.24) is 4.90 Å². The van der Waals surface area contributed by atoms with Crippen molar-refractivity contribution in [2.24, 2.45) is 5.41 Å². The number of alkyl halides is 3. The summed E-state index contributed by atoms with van der Waals surface area (Å²) in [4.78, 5) is 12.9. The van der Waals surface area contributed by atoms with Crippen LogP contribution in [0.25, 0.3) is 0 Å². The van der Waals surface area contributed by atoms with Gasteiger partial charge < -0.3 is 9.52 Å². The fourth-order valence-electron chi connectivity index (χ4n) is 3.47. The Bertz CT molecular complexity index is 554. The number of carbonyl (C=O) groups is 1. The lowest BCUT2D eigenvalue weighted by Crippen LogP contribution is -2.47. The van der Waals surface area contributed by atoms with E-state index in [1.165, 1.54) is 0 Å². The van der Waals surface area contributed by atoms with Gasteiger partial charge in [-0.3, -0.25) is 9.69 Å². The van der Waals surface area contributed by atoms with Crippen LogP contribution in [-0.4, -0.2) is 35.2 Å². The van der Waals surface area contributed by atoms with E-state index < -0.39 is 30.5 Å². The van der Waals surface area contributed by atoms with E-state index in [1.807, 2.05) is 0 Å². The number of aryl methyl sites for hydroxylation is 1. The Morgan fingerprint density at radius 3 is 2.86 bits per heavy atom. The van der Waals surface area contributed by atoms with E-state index in [9.17, 15) is 18.0 Å². The quantitative estimate of drug-likeness (QED) is 0.912. The highest BCUT2D eigenvalue weighted by atomic mass is 19.4. The van der Waals surface area contributed by atoms with Gasteiger partial charge in [0.15, 0.2) is 5.41 Å². The number of hydrogen-bond donors (Lipinski definition) is 1. The highest BCUT2D eigenvalue weighted by Crippen LogP contribution is 2.49. The van der Waals surface area contributed by atoms with Crippen LogP contribution in [-0.2, 0) is 11.2 Å². The van der Waals surface area contributed by atoms with Crippen molar-refractivity contribution in [2.45, 2.75) is 37.9 Å². The molecular formula is C14H16F3NO3. The van der Waals surface area contributed by atoms with Gasteiger partial charge in [-0.25, -0.2) is 0 Å². The maximum absolute atomic E-state index is 13.2. The largest absolute Gasteiger partial charge is 0.481 e. The molecule has 0 radical (unpaired) electrons. The van der Waals surface area contributed by atoms with Crippen LogP contribution in [0.3, 0.4) is 0 Å². The minimum atomic E-state index is -4.73. The van der Waals surface area contributed by atoms with Crippen LogP contribution < -0.4 is 0 Å². The first-order valence-corrected chi connectivity index (χ1v) is 6.95. The molecule has 1 aromatic rings. The van der Waals surface area contributed by atoms with E-state index in [1.54, 1.807) is 17.2 Å². The molecule has 1 N–H and O–H groups in total. The van der Waals surface area contributed by atoms with Crippen molar-refractivity contribution < 1.29 is 27.5 Å². The van der Waals surface area contributed by atoms with Crippen molar-refractivity contribution in [2.75, 3.05) is 13.1 Å². The summed E-state index contributed by atoms with van der Waals surface area (Å²) in [6.45, 7) is -0.345. The van der Waals surface area contributed by atoms with Crippen molar-refractivity contribution in [3.05, 3.63) is 23.7 Å². The van der Waals surface area contributed by atoms with Gasteiger partial charge in [0, 0.05) is 31.1 Å². The van der Waals surface area contributed by atoms with Gasteiger partial charge in [0.05, 0.1) is 6.26 Å². The molecule has 2 unspecified atom stereocenters. The van der Waals surface area contributed by atoms with Crippen molar-refractivity contribution in [3.8, 4) is 0 Å². The highest BCUT2D eigenvalue weighted by molar-refractivity contribution is 5.76. The monoisotopic (exact) mass is 303 g/mol. The molecule has 0 aromatic carbocycles. The van der Waals surface area contributed by atoms with Crippen LogP contribution in [0.4, 0.5) is 13.2 Å². The minimum absolute atomic E-state index is 0.140. The number of halogens is 3. The maximum atomic E-state index is 13.2. The van der Waals surface area contributed by atoms with Crippen molar-refractivity contribution in [1.29, 1.82) is 0 Å². The second-order valence-corrected chi connectivity index (χ2v) is 5.81. The van der Waals surface area contributed by atoms with Crippen molar-refractivity contribution in [3.63, 3.8) is 0 Å². The summed E-state index contributed by atoms with van der Waals surface area (Å²) in [5, 5.41) is 9.11. The van der Waals surface area contributed by atoms with E-state index in [4.69, 9.17) is 9.52 Å². The standard InChI is InChI=1S/C14H16F3NO3/c15-14(16,17)13(12(19)20)5-6-18(8-13)10-2-1-3-11-9(10)4-7-21-11/h4,7,10H,1-3,5-6,8H2,(H,19,20). The SMILES string of the molecule is O=C(O)C1(C(F)(F)F)CCN(C2CCCc3occc32)C1. The average Bonchev–Trinajstić information content (AvgIpc) is 3.04. The van der Waals surface area contributed by atoms with Gasteiger partial charge in [-0.1, -0.05) is 0 Å². The molecule has 1 aliphatic heterocycles. The highest BCUT2D eigenvalue weighted by Gasteiger charge is 2.64. The number of fused-ring (bicyclic) bond motifs is 1. The number of aliphatic carboxylic acids is 1. The van der Waals surface area contributed by atoms with Crippen LogP contribution in [0.1, 0.15) is 36.6 Å². The first-order valence-electron chi connectivity index (χ1n) is 6.95. The number of carboxylic acids is 1. The Labute approximate surface area is 119 Å². The van der Waals surface area contributed by atoms with Gasteiger partial charge in [0.25, 0.3) is 0 Å². The van der Waals surface area contributed by atoms with Gasteiger partial charge in [-0.15, -0.1) is 0 Å². The zero-order valence-electron chi connectivity index (χ0n) is 11.3. The van der Waals surface area contributed by atoms with Crippen LogP contribution in [0, 0.1) is 5.41 Å². The van der Waals surface area contributed by atoms with Gasteiger partial charge in [-0.2, -0.15) is 13.2 Å². The maximum Gasteiger partial charge on any atom is 0.406 e. The molecule has 0 saturated carbocycles. The third kappa shape index (κ3) is 2.14. The Morgan fingerprint density at radius 1 is 1.48 bits per heavy atom. The lowest BCUT2D eigenvalue weighted by molar-refractivity contribution is -0.228. The first-order chi connectivity index (χ1) is 9.85. The molecule has 116 valence electrons. The van der Waals surface area contributed by atoms with E-state index in [0.717, 1.165) is 30.6 Å². The van der Waals surface area contributed by atoms with Crippen molar-refractivity contribution >= 4 is 5.97 Å². The molecule has 1 saturated heterocycles. The number of carboxylic acid groups (broad SMARTS) is 1. The molecular weight excluding hydrogens is 287 g/mol. The molecule has 0 amide bonds. The van der Waals surface area contributed by atoms with Gasteiger partial charge in [-0.05, 0) is 25.3 Å². The van der Waals surface area contributed by atoms with Crippen LogP contribution in [0.2, 0.25) is 0 Å². The molecule has 4 nitrogen and oxygen atoms in total. The molecule has 7 heteroatoms. The molecule has 1 fully saturated rings. The van der Waals surface area contributed by atoms with Crippen LogP contribution in [0.5, 0.6) is 0 Å². The summed E-state index contributed by atoms with van der Waals surface area (Å²) in [5.41, 5.74) is -1.74. The first kappa shape index (κ1) is 14.4. The number of hydrogen-bond acceptors (Lipinski definition) is 3. The normalized spacial score (nSPS) is 30.3. The molecule has 0 bridgehead atoms. The summed E-state index contributed by atoms with van der Waals surface area (Å²) in [7, 11) is 0.